The number of nitro benzene ring substituents is 2. The average Bonchev–Trinajstić information content (AvgIpc) is 2.02. The monoisotopic (exact) mass is 294 g/mol. The van der Waals surface area contributed by atoms with Crippen molar-refractivity contribution in [2.24, 2.45) is 0 Å². The Kier molecular flexibility index (Phi) is 2.76. The summed E-state index contributed by atoms with van der Waals surface area (Å²) >= 11 is 1.69. The molecule has 13 heavy (non-hydrogen) atoms. The summed E-state index contributed by atoms with van der Waals surface area (Å²) < 4.78 is 0.261. The van der Waals surface area contributed by atoms with Gasteiger partial charge in [-0.15, -0.1) is 0 Å². The number of nitro groups is 2. The molecule has 0 heterocycles. The standard InChI is InChI=1S/C6H3IN2O4/c7-4-2-1-3-5(8(10)11)6(4)9(12)13/h1-3H. The van der Waals surface area contributed by atoms with E-state index in [2.05, 4.69) is 0 Å². The van der Waals surface area contributed by atoms with Crippen LogP contribution < -0.4 is 0 Å². The molecule has 7 heteroatoms. The Bertz CT molecular complexity index is 379. The zero-order chi connectivity index (χ0) is 10.0. The van der Waals surface area contributed by atoms with E-state index in [0.29, 0.717) is 0 Å². The molecule has 1 rings (SSSR count). The highest BCUT2D eigenvalue weighted by Crippen LogP contribution is 2.30. The molecule has 0 radical (unpaired) electrons. The molecule has 0 bridgehead atoms. The highest BCUT2D eigenvalue weighted by atomic mass is 127. The van der Waals surface area contributed by atoms with Gasteiger partial charge in [-0.25, -0.2) is 0 Å². The predicted octanol–water partition coefficient (Wildman–Crippen LogP) is 2.11. The molecular formula is C6H3IN2O4. The molecule has 0 atom stereocenters. The Morgan fingerprint density at radius 2 is 1.77 bits per heavy atom. The summed E-state index contributed by atoms with van der Waals surface area (Å²) in [4.78, 5) is 19.3. The minimum atomic E-state index is -0.764. The van der Waals surface area contributed by atoms with Crippen molar-refractivity contribution in [2.45, 2.75) is 0 Å². The molecule has 0 N–H and O–H groups in total. The van der Waals surface area contributed by atoms with Crippen LogP contribution in [0.15, 0.2) is 18.2 Å². The van der Waals surface area contributed by atoms with Gasteiger partial charge in [0, 0.05) is 6.07 Å². The minimum absolute atomic E-state index is 0.261. The Morgan fingerprint density at radius 1 is 1.15 bits per heavy atom. The fraction of sp³-hybridized carbons (Fsp3) is 0. The summed E-state index contributed by atoms with van der Waals surface area (Å²) in [6.45, 7) is 0. The van der Waals surface area contributed by atoms with E-state index in [4.69, 9.17) is 0 Å². The molecule has 0 aromatic heterocycles. The maximum atomic E-state index is 10.4. The summed E-state index contributed by atoms with van der Waals surface area (Å²) in [5, 5.41) is 20.8. The Labute approximate surface area is 86.0 Å². The van der Waals surface area contributed by atoms with Crippen LogP contribution in [0.3, 0.4) is 0 Å². The summed E-state index contributed by atoms with van der Waals surface area (Å²) in [6, 6.07) is 3.97. The molecule has 0 aliphatic heterocycles. The van der Waals surface area contributed by atoms with Gasteiger partial charge in [-0.05, 0) is 28.7 Å². The van der Waals surface area contributed by atoms with Gasteiger partial charge >= 0.3 is 11.4 Å². The molecule has 0 aliphatic carbocycles. The van der Waals surface area contributed by atoms with Crippen molar-refractivity contribution < 1.29 is 9.85 Å². The van der Waals surface area contributed by atoms with Gasteiger partial charge in [0.15, 0.2) is 0 Å². The maximum Gasteiger partial charge on any atom is 0.359 e. The van der Waals surface area contributed by atoms with Crippen LogP contribution in [-0.4, -0.2) is 9.85 Å². The second-order valence-corrected chi connectivity index (χ2v) is 3.28. The second kappa shape index (κ2) is 3.64. The Morgan fingerprint density at radius 3 is 2.15 bits per heavy atom. The lowest BCUT2D eigenvalue weighted by Crippen LogP contribution is -1.98. The van der Waals surface area contributed by atoms with Gasteiger partial charge < -0.3 is 0 Å². The van der Waals surface area contributed by atoms with Gasteiger partial charge in [0.2, 0.25) is 0 Å². The Hall–Kier alpha value is -1.25. The van der Waals surface area contributed by atoms with Crippen LogP contribution in [0.4, 0.5) is 11.4 Å². The van der Waals surface area contributed by atoms with E-state index in [0.717, 1.165) is 6.07 Å². The minimum Gasteiger partial charge on any atom is -0.258 e. The third-order valence-electron chi connectivity index (χ3n) is 1.34. The summed E-state index contributed by atoms with van der Waals surface area (Å²) in [5.41, 5.74) is -0.926. The van der Waals surface area contributed by atoms with Crippen molar-refractivity contribution in [1.82, 2.24) is 0 Å². The van der Waals surface area contributed by atoms with Gasteiger partial charge in [0.1, 0.15) is 0 Å². The normalized spacial score (nSPS) is 9.62. The van der Waals surface area contributed by atoms with Gasteiger partial charge in [-0.2, -0.15) is 0 Å². The first-order valence-electron chi connectivity index (χ1n) is 3.11. The molecule has 0 saturated heterocycles. The van der Waals surface area contributed by atoms with Crippen molar-refractivity contribution in [3.8, 4) is 0 Å². The molecular weight excluding hydrogens is 291 g/mol. The number of rotatable bonds is 2. The van der Waals surface area contributed by atoms with E-state index in [-0.39, 0.29) is 3.57 Å². The van der Waals surface area contributed by atoms with Crippen molar-refractivity contribution in [3.05, 3.63) is 42.0 Å². The summed E-state index contributed by atoms with van der Waals surface area (Å²) in [7, 11) is 0. The third kappa shape index (κ3) is 1.91. The lowest BCUT2D eigenvalue weighted by Gasteiger charge is -1.95. The number of benzene rings is 1. The van der Waals surface area contributed by atoms with Crippen molar-refractivity contribution in [3.63, 3.8) is 0 Å². The molecule has 0 amide bonds. The van der Waals surface area contributed by atoms with E-state index in [1.165, 1.54) is 12.1 Å². The van der Waals surface area contributed by atoms with E-state index >= 15 is 0 Å². The molecule has 0 unspecified atom stereocenters. The van der Waals surface area contributed by atoms with E-state index in [1.807, 2.05) is 0 Å². The van der Waals surface area contributed by atoms with Crippen LogP contribution >= 0.6 is 22.6 Å². The number of halogens is 1. The fourth-order valence-electron chi connectivity index (χ4n) is 0.832. The largest absolute Gasteiger partial charge is 0.359 e. The molecule has 6 nitrogen and oxygen atoms in total. The number of hydrogen-bond donors (Lipinski definition) is 0. The second-order valence-electron chi connectivity index (χ2n) is 2.12. The molecule has 68 valence electrons. The van der Waals surface area contributed by atoms with Gasteiger partial charge in [0.05, 0.1) is 13.4 Å². The van der Waals surface area contributed by atoms with Crippen LogP contribution in [0.1, 0.15) is 0 Å². The van der Waals surface area contributed by atoms with Gasteiger partial charge in [0.25, 0.3) is 0 Å². The topological polar surface area (TPSA) is 86.3 Å². The number of nitrogens with zero attached hydrogens (tertiary/aromatic N) is 2. The van der Waals surface area contributed by atoms with Crippen LogP contribution in [-0.2, 0) is 0 Å². The molecule has 1 aromatic carbocycles. The van der Waals surface area contributed by atoms with Crippen molar-refractivity contribution >= 4 is 34.0 Å². The molecule has 0 fully saturated rings. The smallest absolute Gasteiger partial charge is 0.258 e. The first-order valence-corrected chi connectivity index (χ1v) is 4.19. The number of hydrogen-bond acceptors (Lipinski definition) is 4. The van der Waals surface area contributed by atoms with E-state index in [9.17, 15) is 20.2 Å². The van der Waals surface area contributed by atoms with E-state index < -0.39 is 21.2 Å². The zero-order valence-corrected chi connectivity index (χ0v) is 8.29. The first kappa shape index (κ1) is 9.84. The third-order valence-corrected chi connectivity index (χ3v) is 2.22. The van der Waals surface area contributed by atoms with Crippen LogP contribution in [0.2, 0.25) is 0 Å². The highest BCUT2D eigenvalue weighted by Gasteiger charge is 2.26. The Balaban J connectivity index is 3.43. The fourth-order valence-corrected chi connectivity index (χ4v) is 1.51. The van der Waals surface area contributed by atoms with Crippen LogP contribution in [0, 0.1) is 23.8 Å². The average molecular weight is 294 g/mol. The van der Waals surface area contributed by atoms with Crippen LogP contribution in [0.25, 0.3) is 0 Å². The lowest BCUT2D eigenvalue weighted by atomic mass is 10.3. The van der Waals surface area contributed by atoms with Gasteiger partial charge in [-0.1, -0.05) is 6.07 Å². The molecule has 0 spiro atoms. The molecule has 1 aromatic rings. The summed E-state index contributed by atoms with van der Waals surface area (Å²) in [5.74, 6) is 0. The maximum absolute atomic E-state index is 10.4. The molecule has 0 aliphatic rings. The van der Waals surface area contributed by atoms with Crippen molar-refractivity contribution in [1.29, 1.82) is 0 Å². The van der Waals surface area contributed by atoms with Crippen LogP contribution in [0.5, 0.6) is 0 Å². The zero-order valence-electron chi connectivity index (χ0n) is 6.14. The SMILES string of the molecule is O=[N+]([O-])c1cccc(I)c1[N+](=O)[O-]. The first-order chi connectivity index (χ1) is 6.04. The molecule has 0 saturated carbocycles. The van der Waals surface area contributed by atoms with E-state index in [1.54, 1.807) is 22.6 Å². The number of para-hydroxylation sites is 1. The van der Waals surface area contributed by atoms with Gasteiger partial charge in [-0.3, -0.25) is 20.2 Å². The highest BCUT2D eigenvalue weighted by molar-refractivity contribution is 14.1. The predicted molar refractivity (Wildman–Crippen MR) is 52.5 cm³/mol. The summed E-state index contributed by atoms with van der Waals surface area (Å²) in [6.07, 6.45) is 0. The quantitative estimate of drug-likeness (QED) is 0.475. The lowest BCUT2D eigenvalue weighted by molar-refractivity contribution is -0.423. The van der Waals surface area contributed by atoms with Crippen molar-refractivity contribution in [2.75, 3.05) is 0 Å².